The molecule has 25 heavy (non-hydrogen) atoms. The van der Waals surface area contributed by atoms with Crippen molar-refractivity contribution in [2.45, 2.75) is 24.2 Å². The zero-order valence-electron chi connectivity index (χ0n) is 13.4. The molecular formula is C19H17FO4S. The Morgan fingerprint density at radius 2 is 1.80 bits per heavy atom. The van der Waals surface area contributed by atoms with Gasteiger partial charge in [-0.2, -0.15) is 0 Å². The lowest BCUT2D eigenvalue weighted by Crippen LogP contribution is -2.13. The highest BCUT2D eigenvalue weighted by atomic mass is 32.2. The van der Waals surface area contributed by atoms with Gasteiger partial charge in [0.05, 0.1) is 11.7 Å². The number of ether oxygens (including phenoxy) is 1. The molecule has 6 heteroatoms. The van der Waals surface area contributed by atoms with Gasteiger partial charge in [0.2, 0.25) is 0 Å². The van der Waals surface area contributed by atoms with E-state index in [0.717, 1.165) is 17.3 Å². The van der Waals surface area contributed by atoms with Crippen molar-refractivity contribution in [1.29, 1.82) is 0 Å². The minimum absolute atomic E-state index is 0.0160. The SMILES string of the molecule is O=C1CC(=O)C(Cc2ccc(OC[C@H](O)c3ccc(F)cc3)cc2)S1. The van der Waals surface area contributed by atoms with E-state index in [2.05, 4.69) is 0 Å². The van der Waals surface area contributed by atoms with Gasteiger partial charge in [0.15, 0.2) is 10.9 Å². The Morgan fingerprint density at radius 3 is 2.40 bits per heavy atom. The van der Waals surface area contributed by atoms with Gasteiger partial charge in [-0.1, -0.05) is 36.0 Å². The minimum Gasteiger partial charge on any atom is -0.491 e. The van der Waals surface area contributed by atoms with Crippen LogP contribution in [0.15, 0.2) is 48.5 Å². The number of halogens is 1. The third-order valence-corrected chi connectivity index (χ3v) is 5.08. The predicted molar refractivity (Wildman–Crippen MR) is 93.0 cm³/mol. The molecule has 2 aromatic rings. The van der Waals surface area contributed by atoms with Gasteiger partial charge in [-0.25, -0.2) is 4.39 Å². The fraction of sp³-hybridized carbons (Fsp3) is 0.263. The van der Waals surface area contributed by atoms with E-state index in [1.54, 1.807) is 12.1 Å². The summed E-state index contributed by atoms with van der Waals surface area (Å²) in [4.78, 5) is 22.9. The molecule has 4 nitrogen and oxygen atoms in total. The molecule has 3 rings (SSSR count). The summed E-state index contributed by atoms with van der Waals surface area (Å²) in [7, 11) is 0. The summed E-state index contributed by atoms with van der Waals surface area (Å²) < 4.78 is 18.4. The number of rotatable bonds is 6. The van der Waals surface area contributed by atoms with Gasteiger partial charge in [-0.05, 0) is 41.8 Å². The highest BCUT2D eigenvalue weighted by Gasteiger charge is 2.31. The molecule has 1 unspecified atom stereocenters. The summed E-state index contributed by atoms with van der Waals surface area (Å²) in [6, 6.07) is 12.8. The number of aliphatic hydroxyl groups excluding tert-OH is 1. The maximum absolute atomic E-state index is 12.9. The summed E-state index contributed by atoms with van der Waals surface area (Å²) in [5.41, 5.74) is 1.53. The number of hydrogen-bond acceptors (Lipinski definition) is 5. The Kier molecular flexibility index (Phi) is 5.50. The van der Waals surface area contributed by atoms with E-state index in [1.165, 1.54) is 24.3 Å². The van der Waals surface area contributed by atoms with E-state index in [0.29, 0.717) is 17.7 Å². The number of hydrogen-bond donors (Lipinski definition) is 1. The first kappa shape index (κ1) is 17.6. The molecule has 0 amide bonds. The fourth-order valence-corrected chi connectivity index (χ4v) is 3.60. The second kappa shape index (κ2) is 7.80. The number of ketones is 1. The van der Waals surface area contributed by atoms with Crippen LogP contribution in [0.5, 0.6) is 5.75 Å². The van der Waals surface area contributed by atoms with E-state index < -0.39 is 6.10 Å². The van der Waals surface area contributed by atoms with Gasteiger partial charge >= 0.3 is 0 Å². The van der Waals surface area contributed by atoms with Crippen LogP contribution in [0.3, 0.4) is 0 Å². The first-order valence-corrected chi connectivity index (χ1v) is 8.76. The first-order valence-electron chi connectivity index (χ1n) is 7.89. The van der Waals surface area contributed by atoms with Crippen LogP contribution >= 0.6 is 11.8 Å². The molecule has 0 spiro atoms. The maximum atomic E-state index is 12.9. The summed E-state index contributed by atoms with van der Waals surface area (Å²) in [6.45, 7) is 0.0520. The van der Waals surface area contributed by atoms with E-state index in [9.17, 15) is 19.1 Å². The van der Waals surface area contributed by atoms with E-state index in [-0.39, 0.29) is 35.0 Å². The number of aliphatic hydroxyl groups is 1. The van der Waals surface area contributed by atoms with Crippen molar-refractivity contribution in [2.24, 2.45) is 0 Å². The van der Waals surface area contributed by atoms with Crippen LogP contribution in [0.25, 0.3) is 0 Å². The van der Waals surface area contributed by atoms with Crippen LogP contribution in [0.4, 0.5) is 4.39 Å². The Morgan fingerprint density at radius 1 is 1.12 bits per heavy atom. The van der Waals surface area contributed by atoms with E-state index >= 15 is 0 Å². The Bertz CT molecular complexity index is 758. The van der Waals surface area contributed by atoms with Crippen LogP contribution in [0.2, 0.25) is 0 Å². The normalized spacial score (nSPS) is 18.4. The third kappa shape index (κ3) is 4.67. The Balaban J connectivity index is 1.53. The number of carbonyl (C=O) groups excluding carboxylic acids is 2. The average Bonchev–Trinajstić information content (AvgIpc) is 2.92. The number of thioether (sulfide) groups is 1. The molecular weight excluding hydrogens is 343 g/mol. The summed E-state index contributed by atoms with van der Waals surface area (Å²) in [6.07, 6.45) is -0.301. The number of carbonyl (C=O) groups is 2. The molecule has 2 aromatic carbocycles. The molecule has 0 bridgehead atoms. The quantitative estimate of drug-likeness (QED) is 0.802. The first-order chi connectivity index (χ1) is 12.0. The lowest BCUT2D eigenvalue weighted by molar-refractivity contribution is -0.121. The fourth-order valence-electron chi connectivity index (χ4n) is 2.57. The zero-order valence-corrected chi connectivity index (χ0v) is 14.2. The lowest BCUT2D eigenvalue weighted by atomic mass is 10.1. The van der Waals surface area contributed by atoms with Crippen LogP contribution in [-0.4, -0.2) is 27.9 Å². The standard InChI is InChI=1S/C19H17FO4S/c20-14-5-3-13(4-6-14)17(22)11-24-15-7-1-12(2-8-15)9-18-16(21)10-19(23)25-18/h1-8,17-18,22H,9-11H2/t17-,18?/m0/s1. The second-order valence-electron chi connectivity index (χ2n) is 5.85. The highest BCUT2D eigenvalue weighted by molar-refractivity contribution is 8.15. The topological polar surface area (TPSA) is 63.6 Å². The molecule has 0 aliphatic carbocycles. The van der Waals surface area contributed by atoms with E-state index in [4.69, 9.17) is 4.74 Å². The molecule has 1 aliphatic rings. The van der Waals surface area contributed by atoms with Crippen molar-refractivity contribution in [2.75, 3.05) is 6.61 Å². The molecule has 1 saturated heterocycles. The molecule has 0 saturated carbocycles. The number of benzene rings is 2. The molecule has 0 aromatic heterocycles. The Hall–Kier alpha value is -2.18. The van der Waals surface area contributed by atoms with Gasteiger partial charge in [0.25, 0.3) is 0 Å². The van der Waals surface area contributed by atoms with Gasteiger partial charge in [-0.3, -0.25) is 9.59 Å². The van der Waals surface area contributed by atoms with Crippen molar-refractivity contribution in [3.8, 4) is 5.75 Å². The van der Waals surface area contributed by atoms with Crippen molar-refractivity contribution < 1.29 is 23.8 Å². The van der Waals surface area contributed by atoms with Crippen molar-refractivity contribution in [3.63, 3.8) is 0 Å². The van der Waals surface area contributed by atoms with Crippen LogP contribution < -0.4 is 4.74 Å². The number of Topliss-reactive ketones (excluding diaryl/α,β-unsaturated/α-hetero) is 1. The average molecular weight is 360 g/mol. The largest absolute Gasteiger partial charge is 0.491 e. The van der Waals surface area contributed by atoms with Crippen LogP contribution in [-0.2, 0) is 16.0 Å². The zero-order chi connectivity index (χ0) is 17.8. The van der Waals surface area contributed by atoms with Crippen molar-refractivity contribution in [3.05, 3.63) is 65.5 Å². The van der Waals surface area contributed by atoms with Crippen LogP contribution in [0, 0.1) is 5.82 Å². The summed E-state index contributed by atoms with van der Waals surface area (Å²) in [5, 5.41) is 9.69. The lowest BCUT2D eigenvalue weighted by Gasteiger charge is -2.13. The smallest absolute Gasteiger partial charge is 0.197 e. The molecule has 130 valence electrons. The Labute approximate surface area is 149 Å². The maximum Gasteiger partial charge on any atom is 0.197 e. The summed E-state index contributed by atoms with van der Waals surface area (Å²) in [5.74, 6) is 0.220. The molecule has 1 N–H and O–H groups in total. The van der Waals surface area contributed by atoms with Crippen molar-refractivity contribution >= 4 is 22.7 Å². The van der Waals surface area contributed by atoms with Gasteiger partial charge < -0.3 is 9.84 Å². The van der Waals surface area contributed by atoms with Gasteiger partial charge in [0, 0.05) is 0 Å². The van der Waals surface area contributed by atoms with Gasteiger partial charge in [0.1, 0.15) is 24.3 Å². The summed E-state index contributed by atoms with van der Waals surface area (Å²) >= 11 is 1.11. The van der Waals surface area contributed by atoms with Gasteiger partial charge in [-0.15, -0.1) is 0 Å². The minimum atomic E-state index is -0.848. The molecule has 1 heterocycles. The molecule has 2 atom stereocenters. The monoisotopic (exact) mass is 360 g/mol. The third-order valence-electron chi connectivity index (χ3n) is 3.96. The predicted octanol–water partition coefficient (Wildman–Crippen LogP) is 3.08. The van der Waals surface area contributed by atoms with E-state index in [1.807, 2.05) is 12.1 Å². The van der Waals surface area contributed by atoms with Crippen LogP contribution in [0.1, 0.15) is 23.7 Å². The molecule has 1 aliphatic heterocycles. The molecule has 0 radical (unpaired) electrons. The second-order valence-corrected chi connectivity index (χ2v) is 7.11. The van der Waals surface area contributed by atoms with Crippen molar-refractivity contribution in [1.82, 2.24) is 0 Å². The highest BCUT2D eigenvalue weighted by Crippen LogP contribution is 2.28. The molecule has 1 fully saturated rings.